The third kappa shape index (κ3) is 2.72. The summed E-state index contributed by atoms with van der Waals surface area (Å²) in [5.74, 6) is 0.436. The largest absolute Gasteiger partial charge is 0.350 e. The van der Waals surface area contributed by atoms with E-state index in [1.54, 1.807) is 0 Å². The van der Waals surface area contributed by atoms with Crippen LogP contribution in [-0.4, -0.2) is 25.0 Å². The van der Waals surface area contributed by atoms with Crippen molar-refractivity contribution in [1.82, 2.24) is 10.6 Å². The van der Waals surface area contributed by atoms with Crippen LogP contribution in [0.3, 0.4) is 0 Å². The van der Waals surface area contributed by atoms with Crippen molar-refractivity contribution in [1.29, 1.82) is 0 Å². The minimum absolute atomic E-state index is 0. The second kappa shape index (κ2) is 5.37. The van der Waals surface area contributed by atoms with Gasteiger partial charge < -0.3 is 10.6 Å². The van der Waals surface area contributed by atoms with Crippen molar-refractivity contribution >= 4 is 18.3 Å². The SMILES string of the molecule is Cl.O=C(NC1C=CCCC1)C1CNC1. The topological polar surface area (TPSA) is 41.1 Å². The van der Waals surface area contributed by atoms with Gasteiger partial charge in [0.05, 0.1) is 5.92 Å². The van der Waals surface area contributed by atoms with Gasteiger partial charge in [0, 0.05) is 19.1 Å². The first-order valence-corrected chi connectivity index (χ1v) is 5.04. The van der Waals surface area contributed by atoms with Crippen LogP contribution in [0, 0.1) is 5.92 Å². The summed E-state index contributed by atoms with van der Waals surface area (Å²) in [5.41, 5.74) is 0. The molecule has 0 spiro atoms. The van der Waals surface area contributed by atoms with Gasteiger partial charge in [-0.15, -0.1) is 12.4 Å². The molecule has 1 atom stereocenters. The number of allylic oxidation sites excluding steroid dienone is 1. The Bertz CT molecular complexity index is 226. The Morgan fingerprint density at radius 2 is 2.21 bits per heavy atom. The molecule has 0 bridgehead atoms. The van der Waals surface area contributed by atoms with Crippen molar-refractivity contribution in [3.63, 3.8) is 0 Å². The molecule has 2 rings (SSSR count). The van der Waals surface area contributed by atoms with Crippen LogP contribution in [0.4, 0.5) is 0 Å². The highest BCUT2D eigenvalue weighted by Crippen LogP contribution is 2.11. The van der Waals surface area contributed by atoms with Gasteiger partial charge in [0.1, 0.15) is 0 Å². The van der Waals surface area contributed by atoms with Gasteiger partial charge in [-0.25, -0.2) is 0 Å². The van der Waals surface area contributed by atoms with Gasteiger partial charge in [0.2, 0.25) is 5.91 Å². The third-order valence-electron chi connectivity index (χ3n) is 2.73. The summed E-state index contributed by atoms with van der Waals surface area (Å²) < 4.78 is 0. The number of hydrogen-bond donors (Lipinski definition) is 2. The Hall–Kier alpha value is -0.540. The average Bonchev–Trinajstić information content (AvgIpc) is 2.02. The van der Waals surface area contributed by atoms with Crippen LogP contribution >= 0.6 is 12.4 Å². The number of hydrogen-bond acceptors (Lipinski definition) is 2. The summed E-state index contributed by atoms with van der Waals surface area (Å²) in [7, 11) is 0. The normalized spacial score (nSPS) is 26.1. The number of nitrogens with one attached hydrogen (secondary N) is 2. The molecule has 0 aromatic heterocycles. The lowest BCUT2D eigenvalue weighted by Gasteiger charge is -2.28. The monoisotopic (exact) mass is 216 g/mol. The molecule has 1 aliphatic heterocycles. The molecule has 1 fully saturated rings. The predicted molar refractivity (Wildman–Crippen MR) is 58.5 cm³/mol. The maximum absolute atomic E-state index is 11.5. The molecular formula is C10H17ClN2O. The maximum Gasteiger partial charge on any atom is 0.226 e. The van der Waals surface area contributed by atoms with E-state index < -0.39 is 0 Å². The molecule has 1 saturated heterocycles. The van der Waals surface area contributed by atoms with Crippen molar-refractivity contribution < 1.29 is 4.79 Å². The van der Waals surface area contributed by atoms with E-state index in [1.165, 1.54) is 6.42 Å². The summed E-state index contributed by atoms with van der Waals surface area (Å²) >= 11 is 0. The standard InChI is InChI=1S/C10H16N2O.ClH/c13-10(8-6-11-7-8)12-9-4-2-1-3-5-9;/h2,4,8-9,11H,1,3,5-7H2,(H,12,13);1H. The van der Waals surface area contributed by atoms with E-state index in [1.807, 2.05) is 0 Å². The summed E-state index contributed by atoms with van der Waals surface area (Å²) in [6, 6.07) is 0.293. The molecule has 1 aliphatic carbocycles. The number of carbonyl (C=O) groups excluding carboxylic acids is 1. The van der Waals surface area contributed by atoms with Crippen molar-refractivity contribution in [2.75, 3.05) is 13.1 Å². The van der Waals surface area contributed by atoms with E-state index in [0.717, 1.165) is 25.9 Å². The van der Waals surface area contributed by atoms with Crippen LogP contribution in [-0.2, 0) is 4.79 Å². The molecule has 1 heterocycles. The Kier molecular flexibility index (Phi) is 4.42. The molecule has 3 nitrogen and oxygen atoms in total. The quantitative estimate of drug-likeness (QED) is 0.673. The molecule has 0 radical (unpaired) electrons. The van der Waals surface area contributed by atoms with Gasteiger partial charge in [-0.3, -0.25) is 4.79 Å². The molecule has 1 amide bonds. The summed E-state index contributed by atoms with van der Waals surface area (Å²) in [6.07, 6.45) is 7.74. The van der Waals surface area contributed by atoms with Gasteiger partial charge in [-0.1, -0.05) is 12.2 Å². The fourth-order valence-corrected chi connectivity index (χ4v) is 1.71. The molecule has 0 aromatic rings. The van der Waals surface area contributed by atoms with Crippen LogP contribution in [0.1, 0.15) is 19.3 Å². The van der Waals surface area contributed by atoms with Crippen molar-refractivity contribution in [3.8, 4) is 0 Å². The minimum Gasteiger partial charge on any atom is -0.350 e. The summed E-state index contributed by atoms with van der Waals surface area (Å²) in [5, 5.41) is 6.16. The van der Waals surface area contributed by atoms with E-state index in [-0.39, 0.29) is 24.2 Å². The molecule has 14 heavy (non-hydrogen) atoms. The van der Waals surface area contributed by atoms with E-state index in [4.69, 9.17) is 0 Å². The van der Waals surface area contributed by atoms with Crippen LogP contribution in [0.25, 0.3) is 0 Å². The highest BCUT2D eigenvalue weighted by atomic mass is 35.5. The predicted octanol–water partition coefficient (Wildman–Crippen LogP) is 0.852. The molecule has 80 valence electrons. The van der Waals surface area contributed by atoms with E-state index in [2.05, 4.69) is 22.8 Å². The molecule has 0 aromatic carbocycles. The molecule has 2 N–H and O–H groups in total. The number of halogens is 1. The zero-order valence-electron chi connectivity index (χ0n) is 8.16. The van der Waals surface area contributed by atoms with Crippen LogP contribution in [0.5, 0.6) is 0 Å². The Morgan fingerprint density at radius 1 is 1.43 bits per heavy atom. The molecule has 2 aliphatic rings. The van der Waals surface area contributed by atoms with E-state index in [9.17, 15) is 4.79 Å². The number of amides is 1. The summed E-state index contributed by atoms with van der Waals surface area (Å²) in [4.78, 5) is 11.5. The van der Waals surface area contributed by atoms with Crippen LogP contribution in [0.2, 0.25) is 0 Å². The van der Waals surface area contributed by atoms with Gasteiger partial charge in [-0.05, 0) is 19.3 Å². The molecular weight excluding hydrogens is 200 g/mol. The zero-order chi connectivity index (χ0) is 9.10. The lowest BCUT2D eigenvalue weighted by atomic mass is 9.99. The minimum atomic E-state index is 0. The maximum atomic E-state index is 11.5. The van der Waals surface area contributed by atoms with E-state index in [0.29, 0.717) is 6.04 Å². The zero-order valence-corrected chi connectivity index (χ0v) is 8.98. The number of rotatable bonds is 2. The average molecular weight is 217 g/mol. The fourth-order valence-electron chi connectivity index (χ4n) is 1.71. The first kappa shape index (κ1) is 11.5. The van der Waals surface area contributed by atoms with Crippen LogP contribution < -0.4 is 10.6 Å². The lowest BCUT2D eigenvalue weighted by Crippen LogP contribution is -2.52. The molecule has 0 saturated carbocycles. The van der Waals surface area contributed by atoms with Crippen molar-refractivity contribution in [3.05, 3.63) is 12.2 Å². The Balaban J connectivity index is 0.000000980. The fraction of sp³-hybridized carbons (Fsp3) is 0.700. The summed E-state index contributed by atoms with van der Waals surface area (Å²) in [6.45, 7) is 1.70. The third-order valence-corrected chi connectivity index (χ3v) is 2.73. The second-order valence-corrected chi connectivity index (χ2v) is 3.83. The van der Waals surface area contributed by atoms with Crippen molar-refractivity contribution in [2.45, 2.75) is 25.3 Å². The molecule has 1 unspecified atom stereocenters. The lowest BCUT2D eigenvalue weighted by molar-refractivity contribution is -0.126. The Morgan fingerprint density at radius 3 is 2.71 bits per heavy atom. The number of carbonyl (C=O) groups is 1. The van der Waals surface area contributed by atoms with Gasteiger partial charge in [0.25, 0.3) is 0 Å². The van der Waals surface area contributed by atoms with Crippen molar-refractivity contribution in [2.24, 2.45) is 5.92 Å². The first-order valence-electron chi connectivity index (χ1n) is 5.04. The van der Waals surface area contributed by atoms with Gasteiger partial charge >= 0.3 is 0 Å². The molecule has 4 heteroatoms. The van der Waals surface area contributed by atoms with Crippen LogP contribution in [0.15, 0.2) is 12.2 Å². The van der Waals surface area contributed by atoms with E-state index >= 15 is 0 Å². The Labute approximate surface area is 90.7 Å². The van der Waals surface area contributed by atoms with Gasteiger partial charge in [-0.2, -0.15) is 0 Å². The van der Waals surface area contributed by atoms with Gasteiger partial charge in [0.15, 0.2) is 0 Å². The second-order valence-electron chi connectivity index (χ2n) is 3.83. The highest BCUT2D eigenvalue weighted by Gasteiger charge is 2.26. The first-order chi connectivity index (χ1) is 6.36. The smallest absolute Gasteiger partial charge is 0.226 e. The highest BCUT2D eigenvalue weighted by molar-refractivity contribution is 5.85.